The zero-order chi connectivity index (χ0) is 16.3. The lowest BCUT2D eigenvalue weighted by Crippen LogP contribution is -2.50. The summed E-state index contributed by atoms with van der Waals surface area (Å²) in [7, 11) is 0. The van der Waals surface area contributed by atoms with Crippen molar-refractivity contribution in [3.63, 3.8) is 0 Å². The average Bonchev–Trinajstić information content (AvgIpc) is 2.58. The number of carbonyl (C=O) groups excluding carboxylic acids is 1. The topological polar surface area (TPSA) is 55.1 Å². The molecule has 2 aliphatic rings. The van der Waals surface area contributed by atoms with E-state index in [0.717, 1.165) is 62.0 Å². The Kier molecular flexibility index (Phi) is 6.97. The van der Waals surface area contributed by atoms with Crippen LogP contribution in [0.2, 0.25) is 5.02 Å². The molecule has 24 heavy (non-hydrogen) atoms. The molecule has 0 spiro atoms. The van der Waals surface area contributed by atoms with Crippen LogP contribution in [-0.4, -0.2) is 18.0 Å². The van der Waals surface area contributed by atoms with Crippen molar-refractivity contribution in [1.29, 1.82) is 0 Å². The Labute approximate surface area is 156 Å². The van der Waals surface area contributed by atoms with Gasteiger partial charge in [-0.1, -0.05) is 43.0 Å². The predicted molar refractivity (Wildman–Crippen MR) is 102 cm³/mol. The van der Waals surface area contributed by atoms with E-state index in [2.05, 4.69) is 5.32 Å². The molecule has 2 aliphatic carbocycles. The van der Waals surface area contributed by atoms with Crippen molar-refractivity contribution < 1.29 is 4.79 Å². The molecule has 0 unspecified atom stereocenters. The summed E-state index contributed by atoms with van der Waals surface area (Å²) in [5.74, 6) is 0.208. The van der Waals surface area contributed by atoms with Gasteiger partial charge in [-0.3, -0.25) is 4.79 Å². The van der Waals surface area contributed by atoms with Crippen LogP contribution in [0.4, 0.5) is 0 Å². The summed E-state index contributed by atoms with van der Waals surface area (Å²) in [5.41, 5.74) is 6.72. The SMILES string of the molecule is Cl.NC1CCC(NC(=O)C2(c3ccc(Cl)cc3)CCCCC2)CC1. The fraction of sp³-hybridized carbons (Fsp3) is 0.632. The second-order valence-corrected chi connectivity index (χ2v) is 7.67. The molecule has 3 nitrogen and oxygen atoms in total. The van der Waals surface area contributed by atoms with Crippen molar-refractivity contribution in [3.8, 4) is 0 Å². The van der Waals surface area contributed by atoms with Gasteiger partial charge in [0.05, 0.1) is 5.41 Å². The third kappa shape index (κ3) is 4.25. The first-order valence-corrected chi connectivity index (χ1v) is 9.30. The second-order valence-electron chi connectivity index (χ2n) is 7.23. The summed E-state index contributed by atoms with van der Waals surface area (Å²) in [6.07, 6.45) is 9.36. The van der Waals surface area contributed by atoms with Crippen LogP contribution >= 0.6 is 24.0 Å². The van der Waals surface area contributed by atoms with Crippen LogP contribution < -0.4 is 11.1 Å². The Balaban J connectivity index is 0.00000208. The van der Waals surface area contributed by atoms with E-state index in [4.69, 9.17) is 17.3 Å². The van der Waals surface area contributed by atoms with Crippen molar-refractivity contribution in [2.24, 2.45) is 5.73 Å². The lowest BCUT2D eigenvalue weighted by molar-refractivity contribution is -0.129. The van der Waals surface area contributed by atoms with Crippen LogP contribution in [0.5, 0.6) is 0 Å². The van der Waals surface area contributed by atoms with Gasteiger partial charge in [-0.25, -0.2) is 0 Å². The summed E-state index contributed by atoms with van der Waals surface area (Å²) in [6, 6.07) is 8.46. The van der Waals surface area contributed by atoms with Crippen LogP contribution in [0, 0.1) is 0 Å². The summed E-state index contributed by atoms with van der Waals surface area (Å²) in [6.45, 7) is 0. The Bertz CT molecular complexity index is 533. The van der Waals surface area contributed by atoms with Gasteiger partial charge < -0.3 is 11.1 Å². The van der Waals surface area contributed by atoms with Crippen LogP contribution in [-0.2, 0) is 10.2 Å². The maximum Gasteiger partial charge on any atom is 0.230 e. The molecule has 0 radical (unpaired) electrons. The number of carbonyl (C=O) groups is 1. The van der Waals surface area contributed by atoms with Crippen LogP contribution in [0.3, 0.4) is 0 Å². The highest BCUT2D eigenvalue weighted by atomic mass is 35.5. The van der Waals surface area contributed by atoms with Gasteiger partial charge in [0, 0.05) is 17.1 Å². The summed E-state index contributed by atoms with van der Waals surface area (Å²) in [5, 5.41) is 4.06. The van der Waals surface area contributed by atoms with E-state index in [1.165, 1.54) is 6.42 Å². The maximum atomic E-state index is 13.2. The van der Waals surface area contributed by atoms with E-state index >= 15 is 0 Å². The molecule has 0 heterocycles. The number of halogens is 2. The highest BCUT2D eigenvalue weighted by molar-refractivity contribution is 6.30. The first kappa shape index (κ1) is 19.6. The van der Waals surface area contributed by atoms with Gasteiger partial charge in [0.25, 0.3) is 0 Å². The van der Waals surface area contributed by atoms with Crippen LogP contribution in [0.1, 0.15) is 63.4 Å². The normalized spacial score (nSPS) is 26.2. The highest BCUT2D eigenvalue weighted by Gasteiger charge is 2.41. The number of hydrogen-bond acceptors (Lipinski definition) is 2. The molecule has 1 aromatic carbocycles. The molecule has 2 saturated carbocycles. The van der Waals surface area contributed by atoms with E-state index in [1.54, 1.807) is 0 Å². The molecule has 0 aromatic heterocycles. The molecule has 0 bridgehead atoms. The molecule has 2 fully saturated rings. The van der Waals surface area contributed by atoms with Gasteiger partial charge in [0.15, 0.2) is 0 Å². The van der Waals surface area contributed by atoms with E-state index in [9.17, 15) is 4.79 Å². The number of nitrogens with two attached hydrogens (primary N) is 1. The van der Waals surface area contributed by atoms with Crippen molar-refractivity contribution >= 4 is 29.9 Å². The maximum absolute atomic E-state index is 13.2. The smallest absolute Gasteiger partial charge is 0.230 e. The molecule has 0 atom stereocenters. The van der Waals surface area contributed by atoms with Gasteiger partial charge >= 0.3 is 0 Å². The van der Waals surface area contributed by atoms with Gasteiger partial charge in [0.2, 0.25) is 5.91 Å². The number of amides is 1. The molecule has 3 rings (SSSR count). The minimum Gasteiger partial charge on any atom is -0.353 e. The summed E-state index contributed by atoms with van der Waals surface area (Å²) >= 11 is 6.03. The van der Waals surface area contributed by atoms with Gasteiger partial charge in [0.1, 0.15) is 0 Å². The van der Waals surface area contributed by atoms with Gasteiger partial charge in [-0.15, -0.1) is 12.4 Å². The molecular formula is C19H28Cl2N2O. The minimum absolute atomic E-state index is 0. The van der Waals surface area contributed by atoms with Crippen LogP contribution in [0.25, 0.3) is 0 Å². The first-order valence-electron chi connectivity index (χ1n) is 8.93. The Hall–Kier alpha value is -0.770. The van der Waals surface area contributed by atoms with Crippen molar-refractivity contribution in [2.75, 3.05) is 0 Å². The van der Waals surface area contributed by atoms with Gasteiger partial charge in [-0.2, -0.15) is 0 Å². The first-order chi connectivity index (χ1) is 11.1. The zero-order valence-electron chi connectivity index (χ0n) is 14.1. The lowest BCUT2D eigenvalue weighted by atomic mass is 9.68. The molecule has 0 saturated heterocycles. The Morgan fingerprint density at radius 2 is 1.62 bits per heavy atom. The molecule has 0 aliphatic heterocycles. The third-order valence-electron chi connectivity index (χ3n) is 5.65. The molecule has 3 N–H and O–H groups in total. The molecule has 1 aromatic rings. The second kappa shape index (κ2) is 8.55. The molecule has 1 amide bonds. The number of benzene rings is 1. The van der Waals surface area contributed by atoms with E-state index in [1.807, 2.05) is 24.3 Å². The fourth-order valence-electron chi connectivity index (χ4n) is 4.16. The summed E-state index contributed by atoms with van der Waals surface area (Å²) in [4.78, 5) is 13.2. The van der Waals surface area contributed by atoms with Crippen molar-refractivity contribution in [1.82, 2.24) is 5.32 Å². The monoisotopic (exact) mass is 370 g/mol. The fourth-order valence-corrected chi connectivity index (χ4v) is 4.28. The van der Waals surface area contributed by atoms with Crippen molar-refractivity contribution in [3.05, 3.63) is 34.9 Å². The minimum atomic E-state index is -0.373. The number of nitrogens with one attached hydrogen (secondary N) is 1. The average molecular weight is 371 g/mol. The third-order valence-corrected chi connectivity index (χ3v) is 5.90. The number of rotatable bonds is 3. The quantitative estimate of drug-likeness (QED) is 0.830. The largest absolute Gasteiger partial charge is 0.353 e. The predicted octanol–water partition coefficient (Wildman–Crippen LogP) is 4.35. The van der Waals surface area contributed by atoms with E-state index in [0.29, 0.717) is 6.04 Å². The standard InChI is InChI=1S/C19H27ClN2O.ClH/c20-15-6-4-14(5-7-15)19(12-2-1-3-13-19)18(23)22-17-10-8-16(21)9-11-17;/h4-7,16-17H,1-3,8-13,21H2,(H,22,23);1H. The Morgan fingerprint density at radius 3 is 2.21 bits per heavy atom. The lowest BCUT2D eigenvalue weighted by Gasteiger charge is -2.38. The highest BCUT2D eigenvalue weighted by Crippen LogP contribution is 2.40. The van der Waals surface area contributed by atoms with E-state index < -0.39 is 0 Å². The summed E-state index contributed by atoms with van der Waals surface area (Å²) < 4.78 is 0. The molecular weight excluding hydrogens is 343 g/mol. The zero-order valence-corrected chi connectivity index (χ0v) is 15.7. The van der Waals surface area contributed by atoms with Crippen LogP contribution in [0.15, 0.2) is 24.3 Å². The molecule has 5 heteroatoms. The van der Waals surface area contributed by atoms with E-state index in [-0.39, 0.29) is 29.8 Å². The number of hydrogen-bond donors (Lipinski definition) is 2. The van der Waals surface area contributed by atoms with Gasteiger partial charge in [-0.05, 0) is 56.2 Å². The van der Waals surface area contributed by atoms with Crippen molar-refractivity contribution in [2.45, 2.75) is 75.3 Å². The Morgan fingerprint density at radius 1 is 1.04 bits per heavy atom. The molecule has 134 valence electrons.